The molecule has 154 valence electrons. The quantitative estimate of drug-likeness (QED) is 0.731. The van der Waals surface area contributed by atoms with Crippen LogP contribution in [0.3, 0.4) is 0 Å². The Bertz CT molecular complexity index is 983. The van der Waals surface area contributed by atoms with Gasteiger partial charge in [0, 0.05) is 18.8 Å². The number of anilines is 1. The van der Waals surface area contributed by atoms with E-state index in [0.717, 1.165) is 19.3 Å². The van der Waals surface area contributed by atoms with Crippen molar-refractivity contribution < 1.29 is 22.7 Å². The molecule has 29 heavy (non-hydrogen) atoms. The van der Waals surface area contributed by atoms with Crippen LogP contribution in [0.1, 0.15) is 35.2 Å². The van der Waals surface area contributed by atoms with Gasteiger partial charge in [0.15, 0.2) is 6.61 Å². The average molecular weight is 416 g/mol. The van der Waals surface area contributed by atoms with Crippen molar-refractivity contribution in [2.75, 3.05) is 25.0 Å². The van der Waals surface area contributed by atoms with E-state index in [0.29, 0.717) is 24.3 Å². The molecule has 0 bridgehead atoms. The van der Waals surface area contributed by atoms with Gasteiger partial charge in [0.05, 0.1) is 10.5 Å². The van der Waals surface area contributed by atoms with Gasteiger partial charge in [-0.2, -0.15) is 4.31 Å². The Morgan fingerprint density at radius 3 is 2.41 bits per heavy atom. The van der Waals surface area contributed by atoms with E-state index in [1.165, 1.54) is 16.4 Å². The molecule has 7 nitrogen and oxygen atoms in total. The number of hydrogen-bond acceptors (Lipinski definition) is 5. The van der Waals surface area contributed by atoms with E-state index >= 15 is 0 Å². The SMILES string of the molecule is Cc1ccc(S(=O)(=O)N2CCCCC2)cc1C(=O)OCC(=O)Nc1ccccc1. The molecule has 1 N–H and O–H groups in total. The summed E-state index contributed by atoms with van der Waals surface area (Å²) >= 11 is 0. The Kier molecular flexibility index (Phi) is 6.66. The van der Waals surface area contributed by atoms with Gasteiger partial charge in [0.2, 0.25) is 10.0 Å². The summed E-state index contributed by atoms with van der Waals surface area (Å²) in [4.78, 5) is 24.5. The second-order valence-corrected chi connectivity index (χ2v) is 8.87. The lowest BCUT2D eigenvalue weighted by Gasteiger charge is -2.26. The summed E-state index contributed by atoms with van der Waals surface area (Å²) in [6.45, 7) is 2.19. The predicted molar refractivity (Wildman–Crippen MR) is 109 cm³/mol. The smallest absolute Gasteiger partial charge is 0.338 e. The highest BCUT2D eigenvalue weighted by Gasteiger charge is 2.27. The fourth-order valence-corrected chi connectivity index (χ4v) is 4.71. The van der Waals surface area contributed by atoms with Gasteiger partial charge in [-0.05, 0) is 49.6 Å². The lowest BCUT2D eigenvalue weighted by molar-refractivity contribution is -0.119. The molecule has 2 aromatic rings. The third kappa shape index (κ3) is 5.21. The second-order valence-electron chi connectivity index (χ2n) is 6.93. The highest BCUT2D eigenvalue weighted by Crippen LogP contribution is 2.23. The normalized spacial score (nSPS) is 14.9. The highest BCUT2D eigenvalue weighted by molar-refractivity contribution is 7.89. The minimum absolute atomic E-state index is 0.0608. The van der Waals surface area contributed by atoms with Crippen molar-refractivity contribution in [3.05, 3.63) is 59.7 Å². The molecule has 0 saturated carbocycles. The first-order valence-electron chi connectivity index (χ1n) is 9.51. The minimum Gasteiger partial charge on any atom is -0.452 e. The molecular formula is C21H24N2O5S. The van der Waals surface area contributed by atoms with E-state index in [-0.39, 0.29) is 10.5 Å². The zero-order valence-corrected chi connectivity index (χ0v) is 17.1. The first-order chi connectivity index (χ1) is 13.9. The topological polar surface area (TPSA) is 92.8 Å². The van der Waals surface area contributed by atoms with Crippen LogP contribution in [0.4, 0.5) is 5.69 Å². The molecule has 0 spiro atoms. The molecule has 1 heterocycles. The van der Waals surface area contributed by atoms with Crippen LogP contribution < -0.4 is 5.32 Å². The molecule has 0 aliphatic carbocycles. The van der Waals surface area contributed by atoms with Gasteiger partial charge in [-0.1, -0.05) is 30.7 Å². The first kappa shape index (κ1) is 21.0. The molecule has 0 atom stereocenters. The number of benzene rings is 2. The summed E-state index contributed by atoms with van der Waals surface area (Å²) < 4.78 is 32.2. The molecule has 1 aliphatic heterocycles. The van der Waals surface area contributed by atoms with Gasteiger partial charge >= 0.3 is 5.97 Å². The number of esters is 1. The summed E-state index contributed by atoms with van der Waals surface area (Å²) in [6.07, 6.45) is 2.68. The van der Waals surface area contributed by atoms with Crippen molar-refractivity contribution in [2.24, 2.45) is 0 Å². The van der Waals surface area contributed by atoms with Gasteiger partial charge in [-0.3, -0.25) is 4.79 Å². The van der Waals surface area contributed by atoms with E-state index in [1.54, 1.807) is 37.3 Å². The first-order valence-corrected chi connectivity index (χ1v) is 10.9. The van der Waals surface area contributed by atoms with E-state index in [9.17, 15) is 18.0 Å². The largest absolute Gasteiger partial charge is 0.452 e. The zero-order chi connectivity index (χ0) is 20.9. The Labute approximate surface area is 170 Å². The van der Waals surface area contributed by atoms with Gasteiger partial charge in [0.1, 0.15) is 0 Å². The Hall–Kier alpha value is -2.71. The number of rotatable bonds is 6. The molecule has 3 rings (SSSR count). The number of carbonyl (C=O) groups excluding carboxylic acids is 2. The number of hydrogen-bond donors (Lipinski definition) is 1. The van der Waals surface area contributed by atoms with E-state index in [2.05, 4.69) is 5.32 Å². The lowest BCUT2D eigenvalue weighted by Crippen LogP contribution is -2.35. The maximum Gasteiger partial charge on any atom is 0.338 e. The summed E-state index contributed by atoms with van der Waals surface area (Å²) in [7, 11) is -3.66. The average Bonchev–Trinajstić information content (AvgIpc) is 2.73. The molecular weight excluding hydrogens is 392 g/mol. The maximum atomic E-state index is 12.9. The summed E-state index contributed by atoms with van der Waals surface area (Å²) in [5.41, 5.74) is 1.31. The van der Waals surface area contributed by atoms with E-state index in [1.807, 2.05) is 6.07 Å². The van der Waals surface area contributed by atoms with Crippen molar-refractivity contribution in [2.45, 2.75) is 31.1 Å². The Morgan fingerprint density at radius 1 is 1.03 bits per heavy atom. The van der Waals surface area contributed by atoms with Crippen LogP contribution in [-0.2, 0) is 19.6 Å². The fraction of sp³-hybridized carbons (Fsp3) is 0.333. The van der Waals surface area contributed by atoms with Crippen LogP contribution in [0.25, 0.3) is 0 Å². The number of aryl methyl sites for hydroxylation is 1. The zero-order valence-electron chi connectivity index (χ0n) is 16.3. The monoisotopic (exact) mass is 416 g/mol. The number of sulfonamides is 1. The van der Waals surface area contributed by atoms with Gasteiger partial charge in [-0.15, -0.1) is 0 Å². The van der Waals surface area contributed by atoms with Crippen molar-refractivity contribution in [3.8, 4) is 0 Å². The van der Waals surface area contributed by atoms with Crippen LogP contribution in [0, 0.1) is 6.92 Å². The van der Waals surface area contributed by atoms with E-state index < -0.39 is 28.5 Å². The number of ether oxygens (including phenoxy) is 1. The van der Waals surface area contributed by atoms with Crippen molar-refractivity contribution in [1.82, 2.24) is 4.31 Å². The highest BCUT2D eigenvalue weighted by atomic mass is 32.2. The molecule has 1 amide bonds. The predicted octanol–water partition coefficient (Wildman–Crippen LogP) is 2.97. The van der Waals surface area contributed by atoms with Crippen LogP contribution in [0.5, 0.6) is 0 Å². The summed E-state index contributed by atoms with van der Waals surface area (Å²) in [5.74, 6) is -1.21. The van der Waals surface area contributed by atoms with Gasteiger partial charge in [0.25, 0.3) is 5.91 Å². The van der Waals surface area contributed by atoms with E-state index in [4.69, 9.17) is 4.74 Å². The van der Waals surface area contributed by atoms with Crippen LogP contribution in [0.15, 0.2) is 53.4 Å². The number of carbonyl (C=O) groups is 2. The molecule has 0 unspecified atom stereocenters. The van der Waals surface area contributed by atoms with Crippen molar-refractivity contribution in [1.29, 1.82) is 0 Å². The minimum atomic E-state index is -3.66. The lowest BCUT2D eigenvalue weighted by atomic mass is 10.1. The van der Waals surface area contributed by atoms with Gasteiger partial charge in [-0.25, -0.2) is 13.2 Å². The third-order valence-electron chi connectivity index (χ3n) is 4.77. The van der Waals surface area contributed by atoms with Crippen molar-refractivity contribution >= 4 is 27.6 Å². The summed E-state index contributed by atoms with van der Waals surface area (Å²) in [6, 6.07) is 13.2. The van der Waals surface area contributed by atoms with Crippen LogP contribution in [0.2, 0.25) is 0 Å². The molecule has 2 aromatic carbocycles. The van der Waals surface area contributed by atoms with Crippen molar-refractivity contribution in [3.63, 3.8) is 0 Å². The number of amides is 1. The summed E-state index contributed by atoms with van der Waals surface area (Å²) in [5, 5.41) is 2.62. The number of nitrogens with zero attached hydrogens (tertiary/aromatic N) is 1. The number of para-hydroxylation sites is 1. The third-order valence-corrected chi connectivity index (χ3v) is 6.67. The number of nitrogens with one attached hydrogen (secondary N) is 1. The molecule has 0 radical (unpaired) electrons. The molecule has 0 aromatic heterocycles. The Balaban J connectivity index is 1.68. The van der Waals surface area contributed by atoms with Crippen LogP contribution in [-0.4, -0.2) is 44.3 Å². The second kappa shape index (κ2) is 9.19. The standard InChI is InChI=1S/C21H24N2O5S/c1-16-10-11-18(29(26,27)23-12-6-3-7-13-23)14-19(16)21(25)28-15-20(24)22-17-8-4-2-5-9-17/h2,4-5,8-11,14H,3,6-7,12-13,15H2,1H3,(H,22,24). The number of piperidine rings is 1. The maximum absolute atomic E-state index is 12.9. The molecule has 1 aliphatic rings. The molecule has 1 saturated heterocycles. The molecule has 8 heteroatoms. The van der Waals surface area contributed by atoms with Gasteiger partial charge < -0.3 is 10.1 Å². The Morgan fingerprint density at radius 2 is 1.72 bits per heavy atom. The fourth-order valence-electron chi connectivity index (χ4n) is 3.16. The molecule has 1 fully saturated rings. The van der Waals surface area contributed by atoms with Crippen LogP contribution >= 0.6 is 0 Å².